The zero-order valence-electron chi connectivity index (χ0n) is 9.94. The number of carbonyl (C=O) groups excluding carboxylic acids is 1. The van der Waals surface area contributed by atoms with E-state index in [0.29, 0.717) is 0 Å². The largest absolute Gasteiger partial charge is 0.449 e. The summed E-state index contributed by atoms with van der Waals surface area (Å²) in [6.07, 6.45) is -1.03. The van der Waals surface area contributed by atoms with Crippen LogP contribution >= 0.6 is 12.2 Å². The van der Waals surface area contributed by atoms with Crippen LogP contribution < -0.4 is 15.2 Å². The summed E-state index contributed by atoms with van der Waals surface area (Å²) in [5.74, 6) is 0. The van der Waals surface area contributed by atoms with Gasteiger partial charge in [0.1, 0.15) is 0 Å². The van der Waals surface area contributed by atoms with Crippen LogP contribution in [0, 0.1) is 5.41 Å². The normalized spacial score (nSPS) is 11.9. The summed E-state index contributed by atoms with van der Waals surface area (Å²) in [4.78, 5) is 11.1. The van der Waals surface area contributed by atoms with Crippen molar-refractivity contribution in [2.45, 2.75) is 20.8 Å². The molecule has 0 saturated heterocycles. The first-order valence-electron chi connectivity index (χ1n) is 4.85. The molecule has 0 unspecified atom stereocenters. The second-order valence-electron chi connectivity index (χ2n) is 3.90. The summed E-state index contributed by atoms with van der Waals surface area (Å²) in [6, 6.07) is 0. The van der Waals surface area contributed by atoms with E-state index in [2.05, 4.69) is 9.46 Å². The predicted molar refractivity (Wildman–Crippen MR) is 67.6 cm³/mol. The maximum atomic E-state index is 11.4. The van der Waals surface area contributed by atoms with E-state index in [1.165, 1.54) is 0 Å². The zero-order chi connectivity index (χ0) is 13.7. The van der Waals surface area contributed by atoms with Gasteiger partial charge in [-0.1, -0.05) is 26.1 Å². The van der Waals surface area contributed by atoms with Crippen molar-refractivity contribution >= 4 is 33.5 Å². The first-order chi connectivity index (χ1) is 7.60. The lowest BCUT2D eigenvalue weighted by Crippen LogP contribution is -2.47. The number of hydrogen-bond donors (Lipinski definition) is 3. The van der Waals surface area contributed by atoms with E-state index in [1.54, 1.807) is 25.5 Å². The summed E-state index contributed by atoms with van der Waals surface area (Å²) in [5.41, 5.74) is 4.75. The molecule has 0 rings (SSSR count). The second-order valence-corrected chi connectivity index (χ2v) is 5.83. The number of thiocarbonyl (C=S) groups is 1. The van der Waals surface area contributed by atoms with Gasteiger partial charge in [-0.15, -0.1) is 0 Å². The Morgan fingerprint density at radius 2 is 2.00 bits per heavy atom. The van der Waals surface area contributed by atoms with Gasteiger partial charge in [-0.05, 0) is 6.92 Å². The molecule has 7 nitrogen and oxygen atoms in total. The van der Waals surface area contributed by atoms with Crippen LogP contribution in [0.1, 0.15) is 20.8 Å². The minimum Gasteiger partial charge on any atom is -0.449 e. The molecule has 9 heteroatoms. The Morgan fingerprint density at radius 3 is 2.41 bits per heavy atom. The number of nitrogens with one attached hydrogen (secondary N) is 2. The highest BCUT2D eigenvalue weighted by Crippen LogP contribution is 2.13. The highest BCUT2D eigenvalue weighted by Gasteiger charge is 2.25. The number of hydrogen-bond acceptors (Lipinski definition) is 5. The van der Waals surface area contributed by atoms with Crippen molar-refractivity contribution in [3.8, 4) is 0 Å². The molecule has 0 aliphatic heterocycles. The molecule has 0 aliphatic rings. The van der Waals surface area contributed by atoms with Crippen molar-refractivity contribution in [2.75, 3.05) is 13.2 Å². The van der Waals surface area contributed by atoms with Crippen molar-refractivity contribution in [1.82, 2.24) is 9.44 Å². The molecule has 4 N–H and O–H groups in total. The number of rotatable bonds is 6. The fourth-order valence-corrected chi connectivity index (χ4v) is 1.64. The lowest BCUT2D eigenvalue weighted by atomic mass is 9.94. The molecular formula is C8H17N3O4S2. The average Bonchev–Trinajstić information content (AvgIpc) is 2.14. The fourth-order valence-electron chi connectivity index (χ4n) is 0.669. The standard InChI is InChI=1S/C8H17N3O4S2/c1-4-15-7(12)11-17(13,14)10-5-8(2,3)6(9)16/h10H,4-5H2,1-3H3,(H2,9,16)(H,11,12). The first kappa shape index (κ1) is 16.1. The quantitative estimate of drug-likeness (QED) is 0.586. The number of nitrogens with two attached hydrogens (primary N) is 1. The Kier molecular flexibility index (Phi) is 5.79. The van der Waals surface area contributed by atoms with Crippen LogP contribution in [0.5, 0.6) is 0 Å². The Balaban J connectivity index is 4.38. The van der Waals surface area contributed by atoms with Crippen LogP contribution in [0.25, 0.3) is 0 Å². The molecule has 1 amide bonds. The van der Waals surface area contributed by atoms with Gasteiger partial charge in [-0.2, -0.15) is 13.1 Å². The summed E-state index contributed by atoms with van der Waals surface area (Å²) < 4.78 is 31.0. The maximum Gasteiger partial charge on any atom is 0.421 e. The van der Waals surface area contributed by atoms with Crippen molar-refractivity contribution in [3.05, 3.63) is 0 Å². The topological polar surface area (TPSA) is 111 Å². The van der Waals surface area contributed by atoms with Gasteiger partial charge < -0.3 is 10.5 Å². The Hall–Kier alpha value is -0.930. The van der Waals surface area contributed by atoms with Crippen molar-refractivity contribution in [1.29, 1.82) is 0 Å². The third kappa shape index (κ3) is 6.39. The van der Waals surface area contributed by atoms with E-state index in [0.717, 1.165) is 0 Å². The number of carbonyl (C=O) groups is 1. The highest BCUT2D eigenvalue weighted by molar-refractivity contribution is 7.88. The lowest BCUT2D eigenvalue weighted by molar-refractivity contribution is 0.158. The van der Waals surface area contributed by atoms with Gasteiger partial charge >= 0.3 is 16.3 Å². The molecule has 0 aromatic heterocycles. The Labute approximate surface area is 106 Å². The highest BCUT2D eigenvalue weighted by atomic mass is 32.2. The van der Waals surface area contributed by atoms with Crippen LogP contribution in [-0.4, -0.2) is 32.7 Å². The van der Waals surface area contributed by atoms with Crippen LogP contribution in [0.3, 0.4) is 0 Å². The summed E-state index contributed by atoms with van der Waals surface area (Å²) >= 11 is 4.78. The smallest absolute Gasteiger partial charge is 0.421 e. The molecule has 0 bridgehead atoms. The number of ether oxygens (including phenoxy) is 1. The molecule has 0 fully saturated rings. The monoisotopic (exact) mass is 283 g/mol. The minimum absolute atomic E-state index is 0.0168. The summed E-state index contributed by atoms with van der Waals surface area (Å²) in [6.45, 7) is 5.00. The van der Waals surface area contributed by atoms with Crippen molar-refractivity contribution in [3.63, 3.8) is 0 Å². The average molecular weight is 283 g/mol. The van der Waals surface area contributed by atoms with Gasteiger partial charge in [0.2, 0.25) is 0 Å². The van der Waals surface area contributed by atoms with E-state index in [9.17, 15) is 13.2 Å². The first-order valence-corrected chi connectivity index (χ1v) is 6.74. The van der Waals surface area contributed by atoms with E-state index < -0.39 is 21.7 Å². The van der Waals surface area contributed by atoms with Crippen LogP contribution in [0.15, 0.2) is 0 Å². The van der Waals surface area contributed by atoms with Gasteiger partial charge in [0.25, 0.3) is 0 Å². The molecule has 0 aromatic carbocycles. The Bertz CT molecular complexity index is 392. The number of amides is 1. The van der Waals surface area contributed by atoms with Gasteiger partial charge in [0, 0.05) is 12.0 Å². The summed E-state index contributed by atoms with van der Waals surface area (Å²) in [5, 5.41) is 0. The van der Waals surface area contributed by atoms with Crippen LogP contribution in [0.2, 0.25) is 0 Å². The van der Waals surface area contributed by atoms with E-state index >= 15 is 0 Å². The fraction of sp³-hybridized carbons (Fsp3) is 0.750. The van der Waals surface area contributed by atoms with Gasteiger partial charge in [-0.25, -0.2) is 9.52 Å². The molecule has 0 aliphatic carbocycles. The molecule has 0 radical (unpaired) electrons. The van der Waals surface area contributed by atoms with Crippen LogP contribution in [0.4, 0.5) is 4.79 Å². The molecule has 100 valence electrons. The van der Waals surface area contributed by atoms with Crippen molar-refractivity contribution in [2.24, 2.45) is 11.1 Å². The summed E-state index contributed by atoms with van der Waals surface area (Å²) in [7, 11) is -3.96. The SMILES string of the molecule is CCOC(=O)NS(=O)(=O)NCC(C)(C)C(N)=S. The molecule has 0 aromatic rings. The molecule has 0 spiro atoms. The molecule has 0 heterocycles. The second kappa shape index (κ2) is 6.12. The molecule has 0 saturated carbocycles. The molecule has 17 heavy (non-hydrogen) atoms. The van der Waals surface area contributed by atoms with E-state index in [4.69, 9.17) is 18.0 Å². The van der Waals surface area contributed by atoms with Crippen molar-refractivity contribution < 1.29 is 17.9 Å². The minimum atomic E-state index is -3.96. The third-order valence-electron chi connectivity index (χ3n) is 1.86. The van der Waals surface area contributed by atoms with E-state index in [1.807, 2.05) is 0 Å². The predicted octanol–water partition coefficient (Wildman–Crippen LogP) is -0.121. The van der Waals surface area contributed by atoms with Crippen LogP contribution in [-0.2, 0) is 14.9 Å². The van der Waals surface area contributed by atoms with Gasteiger partial charge in [0.05, 0.1) is 11.6 Å². The zero-order valence-corrected chi connectivity index (χ0v) is 11.6. The molecule has 0 atom stereocenters. The third-order valence-corrected chi connectivity index (χ3v) is 3.38. The van der Waals surface area contributed by atoms with Gasteiger partial charge in [-0.3, -0.25) is 0 Å². The Morgan fingerprint density at radius 1 is 1.47 bits per heavy atom. The lowest BCUT2D eigenvalue weighted by Gasteiger charge is -2.23. The van der Waals surface area contributed by atoms with E-state index in [-0.39, 0.29) is 18.1 Å². The molecular weight excluding hydrogens is 266 g/mol. The maximum absolute atomic E-state index is 11.4. The van der Waals surface area contributed by atoms with Gasteiger partial charge in [0.15, 0.2) is 0 Å².